The zero-order valence-electron chi connectivity index (χ0n) is 10.3. The number of anilines is 1. The van der Waals surface area contributed by atoms with Crippen LogP contribution in [0.25, 0.3) is 0 Å². The van der Waals surface area contributed by atoms with Gasteiger partial charge in [0.1, 0.15) is 12.1 Å². The Labute approximate surface area is 112 Å². The number of nitrogens with two attached hydrogens (primary N) is 1. The second-order valence-corrected chi connectivity index (χ2v) is 3.88. The predicted octanol–water partition coefficient (Wildman–Crippen LogP) is 1.33. The molecule has 0 aliphatic carbocycles. The van der Waals surface area contributed by atoms with E-state index < -0.39 is 24.0 Å². The minimum atomic E-state index is -5.19. The molecule has 0 aliphatic rings. The van der Waals surface area contributed by atoms with Gasteiger partial charge in [0.2, 0.25) is 5.91 Å². The monoisotopic (exact) mass is 285 g/mol. The van der Waals surface area contributed by atoms with E-state index in [0.29, 0.717) is 0 Å². The Morgan fingerprint density at radius 1 is 1.35 bits per heavy atom. The van der Waals surface area contributed by atoms with Gasteiger partial charge >= 0.3 is 12.1 Å². The Hall–Kier alpha value is -2.56. The SMILES string of the molecule is CC(C(N)=O)N(C(=O)C(F)(F)F)c1ccccc1C#N. The van der Waals surface area contributed by atoms with E-state index in [1.807, 2.05) is 0 Å². The first kappa shape index (κ1) is 15.5. The molecule has 0 heterocycles. The Bertz CT molecular complexity index is 578. The summed E-state index contributed by atoms with van der Waals surface area (Å²) in [5, 5.41) is 8.89. The van der Waals surface area contributed by atoms with Gasteiger partial charge in [-0.1, -0.05) is 12.1 Å². The second-order valence-electron chi connectivity index (χ2n) is 3.88. The van der Waals surface area contributed by atoms with E-state index in [0.717, 1.165) is 13.0 Å². The number of hydrogen-bond acceptors (Lipinski definition) is 3. The average Bonchev–Trinajstić information content (AvgIpc) is 2.38. The highest BCUT2D eigenvalue weighted by Crippen LogP contribution is 2.28. The fraction of sp³-hybridized carbons (Fsp3) is 0.250. The number of nitriles is 1. The summed E-state index contributed by atoms with van der Waals surface area (Å²) in [7, 11) is 0. The van der Waals surface area contributed by atoms with Crippen LogP contribution in [0.15, 0.2) is 24.3 Å². The second kappa shape index (κ2) is 5.61. The molecule has 106 valence electrons. The summed E-state index contributed by atoms with van der Waals surface area (Å²) in [6.07, 6.45) is -5.19. The van der Waals surface area contributed by atoms with Crippen molar-refractivity contribution in [3.05, 3.63) is 29.8 Å². The summed E-state index contributed by atoms with van der Waals surface area (Å²) in [5.41, 5.74) is 4.48. The van der Waals surface area contributed by atoms with Gasteiger partial charge in [-0.15, -0.1) is 0 Å². The van der Waals surface area contributed by atoms with Crippen LogP contribution < -0.4 is 10.6 Å². The van der Waals surface area contributed by atoms with Crippen LogP contribution in [0, 0.1) is 11.3 Å². The molecule has 5 nitrogen and oxygen atoms in total. The Morgan fingerprint density at radius 3 is 2.35 bits per heavy atom. The molecule has 1 aromatic carbocycles. The molecule has 0 aromatic heterocycles. The summed E-state index contributed by atoms with van der Waals surface area (Å²) in [6.45, 7) is 1.06. The number of rotatable bonds is 3. The molecular weight excluding hydrogens is 275 g/mol. The zero-order valence-corrected chi connectivity index (χ0v) is 10.3. The number of halogens is 3. The molecule has 1 unspecified atom stereocenters. The number of amides is 2. The van der Waals surface area contributed by atoms with Gasteiger partial charge in [-0.2, -0.15) is 18.4 Å². The van der Waals surface area contributed by atoms with E-state index in [4.69, 9.17) is 11.0 Å². The van der Waals surface area contributed by atoms with E-state index in [1.54, 1.807) is 6.07 Å². The minimum Gasteiger partial charge on any atom is -0.368 e. The third-order valence-electron chi connectivity index (χ3n) is 2.54. The fourth-order valence-corrected chi connectivity index (χ4v) is 1.54. The molecule has 0 saturated heterocycles. The molecule has 0 saturated carbocycles. The van der Waals surface area contributed by atoms with Crippen LogP contribution in [0.3, 0.4) is 0 Å². The minimum absolute atomic E-state index is 0.168. The Kier molecular flexibility index (Phi) is 4.34. The van der Waals surface area contributed by atoms with Crippen LogP contribution >= 0.6 is 0 Å². The molecule has 8 heteroatoms. The number of alkyl halides is 3. The van der Waals surface area contributed by atoms with E-state index in [2.05, 4.69) is 0 Å². The van der Waals surface area contributed by atoms with E-state index >= 15 is 0 Å². The Morgan fingerprint density at radius 2 is 1.90 bits per heavy atom. The highest BCUT2D eigenvalue weighted by molar-refractivity contribution is 6.03. The summed E-state index contributed by atoms with van der Waals surface area (Å²) < 4.78 is 37.9. The van der Waals surface area contributed by atoms with Crippen LogP contribution in [0.4, 0.5) is 18.9 Å². The van der Waals surface area contributed by atoms with Crippen molar-refractivity contribution in [1.29, 1.82) is 5.26 Å². The normalized spacial score (nSPS) is 12.3. The lowest BCUT2D eigenvalue weighted by Crippen LogP contribution is -2.51. The lowest BCUT2D eigenvalue weighted by molar-refractivity contribution is -0.171. The number of primary amides is 1. The van der Waals surface area contributed by atoms with Crippen molar-refractivity contribution in [2.45, 2.75) is 19.1 Å². The third kappa shape index (κ3) is 3.06. The molecule has 0 aliphatic heterocycles. The maximum absolute atomic E-state index is 12.6. The van der Waals surface area contributed by atoms with Gasteiger partial charge in [0.05, 0.1) is 11.3 Å². The lowest BCUT2D eigenvalue weighted by atomic mass is 10.1. The van der Waals surface area contributed by atoms with Gasteiger partial charge in [-0.25, -0.2) is 0 Å². The topological polar surface area (TPSA) is 87.2 Å². The summed E-state index contributed by atoms with van der Waals surface area (Å²) in [5.74, 6) is -3.37. The van der Waals surface area contributed by atoms with Gasteiger partial charge < -0.3 is 5.73 Å². The molecule has 2 amide bonds. The smallest absolute Gasteiger partial charge is 0.368 e. The maximum Gasteiger partial charge on any atom is 0.471 e. The highest BCUT2D eigenvalue weighted by Gasteiger charge is 2.46. The molecule has 1 atom stereocenters. The predicted molar refractivity (Wildman–Crippen MR) is 63.4 cm³/mol. The van der Waals surface area contributed by atoms with Crippen molar-refractivity contribution < 1.29 is 22.8 Å². The maximum atomic E-state index is 12.6. The number of benzene rings is 1. The van der Waals surface area contributed by atoms with Gasteiger partial charge in [-0.05, 0) is 19.1 Å². The van der Waals surface area contributed by atoms with Crippen molar-refractivity contribution in [1.82, 2.24) is 0 Å². The number of para-hydroxylation sites is 1. The van der Waals surface area contributed by atoms with Crippen LogP contribution in [-0.4, -0.2) is 24.0 Å². The third-order valence-corrected chi connectivity index (χ3v) is 2.54. The molecule has 0 radical (unpaired) electrons. The van der Waals surface area contributed by atoms with E-state index in [9.17, 15) is 22.8 Å². The van der Waals surface area contributed by atoms with Crippen molar-refractivity contribution in [3.8, 4) is 6.07 Å². The molecule has 0 bridgehead atoms. The first-order valence-corrected chi connectivity index (χ1v) is 5.39. The van der Waals surface area contributed by atoms with Gasteiger partial charge in [0.15, 0.2) is 0 Å². The van der Waals surface area contributed by atoms with Crippen LogP contribution in [0.5, 0.6) is 0 Å². The molecule has 2 N–H and O–H groups in total. The first-order valence-electron chi connectivity index (χ1n) is 5.39. The molecule has 20 heavy (non-hydrogen) atoms. The van der Waals surface area contributed by atoms with Crippen LogP contribution in [0.1, 0.15) is 12.5 Å². The molecule has 0 fully saturated rings. The summed E-state index contributed by atoms with van der Waals surface area (Å²) in [6, 6.07) is 5.27. The van der Waals surface area contributed by atoms with Crippen LogP contribution in [0.2, 0.25) is 0 Å². The van der Waals surface area contributed by atoms with E-state index in [-0.39, 0.29) is 16.2 Å². The molecule has 1 aromatic rings. The molecule has 1 rings (SSSR count). The first-order chi connectivity index (χ1) is 9.20. The van der Waals surface area contributed by atoms with Gasteiger partial charge in [0, 0.05) is 0 Å². The fourth-order valence-electron chi connectivity index (χ4n) is 1.54. The number of nitrogens with zero attached hydrogens (tertiary/aromatic N) is 2. The lowest BCUT2D eigenvalue weighted by Gasteiger charge is -2.28. The number of carbonyl (C=O) groups excluding carboxylic acids is 2. The molecule has 0 spiro atoms. The number of hydrogen-bond donors (Lipinski definition) is 1. The van der Waals surface area contributed by atoms with Gasteiger partial charge in [-0.3, -0.25) is 14.5 Å². The highest BCUT2D eigenvalue weighted by atomic mass is 19.4. The van der Waals surface area contributed by atoms with Crippen molar-refractivity contribution >= 4 is 17.5 Å². The van der Waals surface area contributed by atoms with Crippen molar-refractivity contribution in [3.63, 3.8) is 0 Å². The quantitative estimate of drug-likeness (QED) is 0.908. The van der Waals surface area contributed by atoms with Crippen molar-refractivity contribution in [2.75, 3.05) is 4.90 Å². The molecular formula is C12H10F3N3O2. The number of carbonyl (C=O) groups is 2. The standard InChI is InChI=1S/C12H10F3N3O2/c1-7(10(17)19)18(11(20)12(13,14)15)9-5-3-2-4-8(9)6-16/h2-5,7H,1H3,(H2,17,19). The van der Waals surface area contributed by atoms with Gasteiger partial charge in [0.25, 0.3) is 0 Å². The average molecular weight is 285 g/mol. The summed E-state index contributed by atoms with van der Waals surface area (Å²) >= 11 is 0. The van der Waals surface area contributed by atoms with Crippen LogP contribution in [-0.2, 0) is 9.59 Å². The van der Waals surface area contributed by atoms with E-state index in [1.165, 1.54) is 18.2 Å². The largest absolute Gasteiger partial charge is 0.471 e. The summed E-state index contributed by atoms with van der Waals surface area (Å²) in [4.78, 5) is 22.8. The Balaban J connectivity index is 3.43. The van der Waals surface area contributed by atoms with Crippen molar-refractivity contribution in [2.24, 2.45) is 5.73 Å². The zero-order chi connectivity index (χ0) is 15.5.